The summed E-state index contributed by atoms with van der Waals surface area (Å²) in [5.41, 5.74) is 5.57. The van der Waals surface area contributed by atoms with Gasteiger partial charge in [-0.05, 0) is 45.3 Å². The van der Waals surface area contributed by atoms with Crippen molar-refractivity contribution >= 4 is 0 Å². The summed E-state index contributed by atoms with van der Waals surface area (Å²) in [5, 5.41) is 3.73. The highest BCUT2D eigenvalue weighted by atomic mass is 16.5. The SMILES string of the molecule is CCN1CCCC(NC(CCCN)COC)C1. The summed E-state index contributed by atoms with van der Waals surface area (Å²) in [5.74, 6) is 0. The number of nitrogens with two attached hydrogens (primary N) is 1. The van der Waals surface area contributed by atoms with E-state index in [1.165, 1.54) is 25.9 Å². The highest BCUT2D eigenvalue weighted by Gasteiger charge is 2.21. The molecular weight excluding hydrogens is 214 g/mol. The molecule has 1 heterocycles. The van der Waals surface area contributed by atoms with Crippen LogP contribution in [0.25, 0.3) is 0 Å². The predicted octanol–water partition coefficient (Wildman–Crippen LogP) is 0.814. The third kappa shape index (κ3) is 5.82. The average Bonchev–Trinajstić information content (AvgIpc) is 2.36. The first-order valence-corrected chi connectivity index (χ1v) is 6.97. The van der Waals surface area contributed by atoms with Crippen LogP contribution in [0.4, 0.5) is 0 Å². The molecule has 1 fully saturated rings. The molecule has 0 aromatic heterocycles. The molecular formula is C13H29N3O. The van der Waals surface area contributed by atoms with Crippen molar-refractivity contribution < 1.29 is 4.74 Å². The summed E-state index contributed by atoms with van der Waals surface area (Å²) in [6.07, 6.45) is 4.79. The van der Waals surface area contributed by atoms with Gasteiger partial charge in [-0.3, -0.25) is 0 Å². The fraction of sp³-hybridized carbons (Fsp3) is 1.00. The topological polar surface area (TPSA) is 50.5 Å². The van der Waals surface area contributed by atoms with Crippen LogP contribution in [-0.2, 0) is 4.74 Å². The van der Waals surface area contributed by atoms with Gasteiger partial charge in [-0.1, -0.05) is 6.92 Å². The Balaban J connectivity index is 2.31. The summed E-state index contributed by atoms with van der Waals surface area (Å²) in [6.45, 7) is 7.40. The first kappa shape index (κ1) is 14.9. The minimum Gasteiger partial charge on any atom is -0.383 e. The second kappa shape index (κ2) is 8.86. The van der Waals surface area contributed by atoms with E-state index in [1.54, 1.807) is 7.11 Å². The van der Waals surface area contributed by atoms with Crippen molar-refractivity contribution in [3.8, 4) is 0 Å². The summed E-state index contributed by atoms with van der Waals surface area (Å²) >= 11 is 0. The van der Waals surface area contributed by atoms with E-state index in [0.29, 0.717) is 12.1 Å². The highest BCUT2D eigenvalue weighted by Crippen LogP contribution is 2.11. The maximum absolute atomic E-state index is 5.57. The summed E-state index contributed by atoms with van der Waals surface area (Å²) in [4.78, 5) is 2.52. The van der Waals surface area contributed by atoms with Gasteiger partial charge in [-0.25, -0.2) is 0 Å². The Hall–Kier alpha value is -0.160. The van der Waals surface area contributed by atoms with Gasteiger partial charge in [-0.15, -0.1) is 0 Å². The molecule has 0 radical (unpaired) electrons. The molecule has 17 heavy (non-hydrogen) atoms. The number of piperidine rings is 1. The predicted molar refractivity (Wildman–Crippen MR) is 72.2 cm³/mol. The monoisotopic (exact) mass is 243 g/mol. The molecule has 1 aliphatic rings. The number of rotatable bonds is 8. The van der Waals surface area contributed by atoms with Gasteiger partial charge in [0.05, 0.1) is 6.61 Å². The van der Waals surface area contributed by atoms with Gasteiger partial charge in [0, 0.05) is 25.7 Å². The Morgan fingerprint density at radius 1 is 1.53 bits per heavy atom. The van der Waals surface area contributed by atoms with Crippen molar-refractivity contribution in [3.63, 3.8) is 0 Å². The molecule has 0 aromatic rings. The van der Waals surface area contributed by atoms with Crippen LogP contribution in [0.3, 0.4) is 0 Å². The van der Waals surface area contributed by atoms with Crippen molar-refractivity contribution in [2.75, 3.05) is 39.9 Å². The van der Waals surface area contributed by atoms with Gasteiger partial charge < -0.3 is 20.7 Å². The molecule has 0 saturated carbocycles. The van der Waals surface area contributed by atoms with E-state index in [-0.39, 0.29) is 0 Å². The molecule has 0 bridgehead atoms. The van der Waals surface area contributed by atoms with Crippen LogP contribution in [0.1, 0.15) is 32.6 Å². The summed E-state index contributed by atoms with van der Waals surface area (Å²) in [7, 11) is 1.77. The van der Waals surface area contributed by atoms with E-state index < -0.39 is 0 Å². The third-order valence-corrected chi connectivity index (χ3v) is 3.55. The minimum absolute atomic E-state index is 0.463. The van der Waals surface area contributed by atoms with E-state index >= 15 is 0 Å². The summed E-state index contributed by atoms with van der Waals surface area (Å²) in [6, 6.07) is 1.09. The Morgan fingerprint density at radius 2 is 2.35 bits per heavy atom. The van der Waals surface area contributed by atoms with Gasteiger partial charge in [0.2, 0.25) is 0 Å². The quantitative estimate of drug-likeness (QED) is 0.662. The van der Waals surface area contributed by atoms with Crippen LogP contribution in [0.2, 0.25) is 0 Å². The number of hydrogen-bond acceptors (Lipinski definition) is 4. The van der Waals surface area contributed by atoms with Crippen molar-refractivity contribution in [1.82, 2.24) is 10.2 Å². The van der Waals surface area contributed by atoms with Crippen molar-refractivity contribution in [2.45, 2.75) is 44.7 Å². The van der Waals surface area contributed by atoms with E-state index in [4.69, 9.17) is 10.5 Å². The fourth-order valence-electron chi connectivity index (χ4n) is 2.59. The lowest BCUT2D eigenvalue weighted by atomic mass is 10.0. The van der Waals surface area contributed by atoms with Crippen LogP contribution in [0.15, 0.2) is 0 Å². The largest absolute Gasteiger partial charge is 0.383 e. The molecule has 0 spiro atoms. The lowest BCUT2D eigenvalue weighted by Crippen LogP contribution is -2.50. The normalized spacial score (nSPS) is 23.8. The molecule has 3 N–H and O–H groups in total. The lowest BCUT2D eigenvalue weighted by Gasteiger charge is -2.34. The lowest BCUT2D eigenvalue weighted by molar-refractivity contribution is 0.135. The van der Waals surface area contributed by atoms with Crippen LogP contribution in [0, 0.1) is 0 Å². The molecule has 0 amide bonds. The maximum Gasteiger partial charge on any atom is 0.0615 e. The molecule has 4 nitrogen and oxygen atoms in total. The fourth-order valence-corrected chi connectivity index (χ4v) is 2.59. The number of hydrogen-bond donors (Lipinski definition) is 2. The molecule has 2 unspecified atom stereocenters. The highest BCUT2D eigenvalue weighted by molar-refractivity contribution is 4.81. The Morgan fingerprint density at radius 3 is 3.00 bits per heavy atom. The molecule has 0 aromatic carbocycles. The molecule has 0 aliphatic carbocycles. The maximum atomic E-state index is 5.57. The van der Waals surface area contributed by atoms with Crippen LogP contribution in [0.5, 0.6) is 0 Å². The van der Waals surface area contributed by atoms with Gasteiger partial charge >= 0.3 is 0 Å². The van der Waals surface area contributed by atoms with Crippen molar-refractivity contribution in [2.24, 2.45) is 5.73 Å². The number of nitrogens with one attached hydrogen (secondary N) is 1. The zero-order valence-electron chi connectivity index (χ0n) is 11.5. The van der Waals surface area contributed by atoms with Gasteiger partial charge in [-0.2, -0.15) is 0 Å². The smallest absolute Gasteiger partial charge is 0.0615 e. The van der Waals surface area contributed by atoms with Gasteiger partial charge in [0.25, 0.3) is 0 Å². The third-order valence-electron chi connectivity index (χ3n) is 3.55. The Labute approximate surface area is 106 Å². The number of likely N-dealkylation sites (N-methyl/N-ethyl adjacent to an activating group) is 1. The Bertz CT molecular complexity index is 188. The number of nitrogens with zero attached hydrogens (tertiary/aromatic N) is 1. The molecule has 1 aliphatic heterocycles. The minimum atomic E-state index is 0.463. The Kier molecular flexibility index (Phi) is 7.77. The van der Waals surface area contributed by atoms with E-state index in [9.17, 15) is 0 Å². The zero-order valence-corrected chi connectivity index (χ0v) is 11.5. The van der Waals surface area contributed by atoms with Crippen LogP contribution in [-0.4, -0.2) is 56.9 Å². The first-order valence-electron chi connectivity index (χ1n) is 6.97. The molecule has 102 valence electrons. The van der Waals surface area contributed by atoms with Gasteiger partial charge in [0.1, 0.15) is 0 Å². The van der Waals surface area contributed by atoms with Gasteiger partial charge in [0.15, 0.2) is 0 Å². The first-order chi connectivity index (χ1) is 8.30. The standard InChI is InChI=1S/C13H29N3O/c1-3-16-9-5-7-12(10-16)15-13(11-17-2)6-4-8-14/h12-13,15H,3-11,14H2,1-2H3. The number of likely N-dealkylation sites (tertiary alicyclic amines) is 1. The van der Waals surface area contributed by atoms with E-state index in [0.717, 1.165) is 32.5 Å². The zero-order chi connectivity index (χ0) is 12.5. The molecule has 4 heteroatoms. The average molecular weight is 243 g/mol. The van der Waals surface area contributed by atoms with E-state index in [2.05, 4.69) is 17.1 Å². The van der Waals surface area contributed by atoms with Crippen LogP contribution >= 0.6 is 0 Å². The number of methoxy groups -OCH3 is 1. The van der Waals surface area contributed by atoms with Crippen molar-refractivity contribution in [3.05, 3.63) is 0 Å². The second-order valence-corrected chi connectivity index (χ2v) is 4.98. The van der Waals surface area contributed by atoms with E-state index in [1.807, 2.05) is 0 Å². The van der Waals surface area contributed by atoms with Crippen LogP contribution < -0.4 is 11.1 Å². The molecule has 2 atom stereocenters. The summed E-state index contributed by atoms with van der Waals surface area (Å²) < 4.78 is 5.28. The number of ether oxygens (including phenoxy) is 1. The molecule has 1 saturated heterocycles. The van der Waals surface area contributed by atoms with Crippen molar-refractivity contribution in [1.29, 1.82) is 0 Å². The second-order valence-electron chi connectivity index (χ2n) is 4.98. The molecule has 1 rings (SSSR count).